The van der Waals surface area contributed by atoms with Crippen molar-refractivity contribution in [3.63, 3.8) is 0 Å². The lowest BCUT2D eigenvalue weighted by atomic mass is 9.95. The maximum Gasteiger partial charge on any atom is 0.407 e. The minimum absolute atomic E-state index is 0.0832. The Morgan fingerprint density at radius 1 is 0.706 bits per heavy atom. The Bertz CT molecular complexity index is 1340. The summed E-state index contributed by atoms with van der Waals surface area (Å²) in [5.41, 5.74) is 3.83. The molecule has 0 aliphatic heterocycles. The summed E-state index contributed by atoms with van der Waals surface area (Å²) in [6, 6.07) is 15.5. The molecule has 0 radical (unpaired) electrons. The van der Waals surface area contributed by atoms with Crippen molar-refractivity contribution in [3.8, 4) is 11.1 Å². The smallest absolute Gasteiger partial charge is 0.407 e. The summed E-state index contributed by atoms with van der Waals surface area (Å²) in [5, 5.41) is 20.5. The number of hydrogen-bond donors (Lipinski definition) is 3. The molecule has 0 spiro atoms. The molecule has 282 valence electrons. The maximum absolute atomic E-state index is 13.3. The van der Waals surface area contributed by atoms with Crippen molar-refractivity contribution in [2.24, 2.45) is 5.92 Å². The largest absolute Gasteiger partial charge is 0.481 e. The van der Waals surface area contributed by atoms with Crippen molar-refractivity contribution in [3.05, 3.63) is 59.7 Å². The van der Waals surface area contributed by atoms with Gasteiger partial charge in [-0.3, -0.25) is 9.59 Å². The Kier molecular flexibility index (Phi) is 18.4. The number of ether oxygens (including phenoxy) is 2. The predicted molar refractivity (Wildman–Crippen MR) is 203 cm³/mol. The molecule has 9 nitrogen and oxygen atoms in total. The number of carbonyl (C=O) groups is 4. The van der Waals surface area contributed by atoms with E-state index in [0.717, 1.165) is 105 Å². The number of rotatable bonds is 25. The zero-order valence-electron chi connectivity index (χ0n) is 30.8. The molecule has 0 fully saturated rings. The van der Waals surface area contributed by atoms with Gasteiger partial charge in [-0.15, -0.1) is 0 Å². The average molecular weight is 726 g/mol. The molecule has 2 aromatic carbocycles. The first-order chi connectivity index (χ1) is 24.4. The summed E-state index contributed by atoms with van der Waals surface area (Å²) in [6.07, 6.45) is 12.7. The molecule has 0 aromatic heterocycles. The normalized spacial score (nSPS) is 13.5. The van der Waals surface area contributed by atoms with Crippen LogP contribution in [-0.4, -0.2) is 64.0 Å². The predicted octanol–water partition coefficient (Wildman–Crippen LogP) is 9.61. The van der Waals surface area contributed by atoms with Crippen LogP contribution in [0.25, 0.3) is 11.1 Å². The third kappa shape index (κ3) is 16.1. The van der Waals surface area contributed by atoms with Gasteiger partial charge >= 0.3 is 24.0 Å². The number of fused-ring (bicyclic) bond motifs is 3. The first-order valence-corrected chi connectivity index (χ1v) is 20.0. The Labute approximate surface area is 308 Å². The van der Waals surface area contributed by atoms with E-state index in [9.17, 15) is 19.2 Å². The number of amides is 1. The Morgan fingerprint density at radius 3 is 1.67 bits per heavy atom. The summed E-state index contributed by atoms with van der Waals surface area (Å²) in [6.45, 7) is 5.59. The highest BCUT2D eigenvalue weighted by atomic mass is 32.2. The number of thioether (sulfide) groups is 1. The van der Waals surface area contributed by atoms with Gasteiger partial charge in [-0.1, -0.05) is 106 Å². The number of esters is 1. The monoisotopic (exact) mass is 725 g/mol. The molecular formula is C41H59NO8S. The lowest BCUT2D eigenvalue weighted by molar-refractivity contribution is -0.156. The summed E-state index contributed by atoms with van der Waals surface area (Å²) < 4.78 is 11.5. The molecule has 0 saturated carbocycles. The van der Waals surface area contributed by atoms with Crippen LogP contribution < -0.4 is 5.32 Å². The van der Waals surface area contributed by atoms with E-state index in [1.165, 1.54) is 0 Å². The van der Waals surface area contributed by atoms with E-state index in [2.05, 4.69) is 29.6 Å². The van der Waals surface area contributed by atoms with E-state index in [1.807, 2.05) is 45.0 Å². The number of hydrogen-bond acceptors (Lipinski definition) is 7. The summed E-state index contributed by atoms with van der Waals surface area (Å²) >= 11 is 1.65. The van der Waals surface area contributed by atoms with Crippen molar-refractivity contribution >= 4 is 35.8 Å². The van der Waals surface area contributed by atoms with Crippen molar-refractivity contribution in [2.75, 3.05) is 18.1 Å². The molecule has 1 amide bonds. The van der Waals surface area contributed by atoms with Crippen LogP contribution in [0, 0.1) is 5.92 Å². The van der Waals surface area contributed by atoms with Crippen LogP contribution >= 0.6 is 11.8 Å². The van der Waals surface area contributed by atoms with Crippen LogP contribution in [0.1, 0.15) is 134 Å². The van der Waals surface area contributed by atoms with E-state index in [1.54, 1.807) is 11.8 Å². The topological polar surface area (TPSA) is 139 Å². The molecule has 51 heavy (non-hydrogen) atoms. The second kappa shape index (κ2) is 22.4. The fraction of sp³-hybridized carbons (Fsp3) is 0.610. The number of carboxylic acid groups (broad SMARTS) is 2. The Morgan fingerprint density at radius 2 is 1.18 bits per heavy atom. The van der Waals surface area contributed by atoms with Gasteiger partial charge in [-0.05, 0) is 80.4 Å². The molecule has 0 unspecified atom stereocenters. The number of benzene rings is 2. The van der Waals surface area contributed by atoms with E-state index < -0.39 is 35.6 Å². The SMILES string of the molecule is CC(C)(C)OC(=O)[C@H](CSC[C@H](CCCCCCCCC(=O)O)CCCCCCCC(=O)O)NC(=O)OCC1c2ccccc2-c2ccccc21. The molecule has 10 heteroatoms. The van der Waals surface area contributed by atoms with Crippen LogP contribution in [0.4, 0.5) is 4.79 Å². The third-order valence-corrected chi connectivity index (χ3v) is 10.5. The van der Waals surface area contributed by atoms with Gasteiger partial charge in [0, 0.05) is 24.5 Å². The zero-order chi connectivity index (χ0) is 37.1. The summed E-state index contributed by atoms with van der Waals surface area (Å²) in [5.74, 6) is -0.372. The molecule has 0 bridgehead atoms. The first kappa shape index (κ1) is 41.9. The molecule has 2 aromatic rings. The van der Waals surface area contributed by atoms with E-state index in [-0.39, 0.29) is 25.4 Å². The maximum atomic E-state index is 13.3. The van der Waals surface area contributed by atoms with E-state index >= 15 is 0 Å². The first-order valence-electron chi connectivity index (χ1n) is 18.8. The van der Waals surface area contributed by atoms with Gasteiger partial charge in [-0.2, -0.15) is 11.8 Å². The number of alkyl carbamates (subject to hydrolysis) is 1. The minimum Gasteiger partial charge on any atom is -0.481 e. The number of carboxylic acids is 2. The minimum atomic E-state index is -0.856. The summed E-state index contributed by atoms with van der Waals surface area (Å²) in [7, 11) is 0. The molecule has 1 aliphatic carbocycles. The van der Waals surface area contributed by atoms with Gasteiger partial charge in [0.1, 0.15) is 18.2 Å². The summed E-state index contributed by atoms with van der Waals surface area (Å²) in [4.78, 5) is 48.0. The van der Waals surface area contributed by atoms with Crippen LogP contribution in [-0.2, 0) is 23.9 Å². The molecule has 0 saturated heterocycles. The number of aliphatic carboxylic acids is 2. The molecule has 0 heterocycles. The fourth-order valence-electron chi connectivity index (χ4n) is 6.64. The fourth-order valence-corrected chi connectivity index (χ4v) is 7.90. The second-order valence-corrected chi connectivity index (χ2v) is 15.8. The van der Waals surface area contributed by atoms with Crippen molar-refractivity contribution < 1.29 is 38.9 Å². The average Bonchev–Trinajstić information content (AvgIpc) is 3.39. The van der Waals surface area contributed by atoms with E-state index in [4.69, 9.17) is 19.7 Å². The van der Waals surface area contributed by atoms with Crippen molar-refractivity contribution in [1.29, 1.82) is 0 Å². The second-order valence-electron chi connectivity index (χ2n) is 14.7. The molecule has 1 aliphatic rings. The molecule has 3 rings (SSSR count). The number of carbonyl (C=O) groups excluding carboxylic acids is 2. The van der Waals surface area contributed by atoms with Crippen LogP contribution in [0.5, 0.6) is 0 Å². The van der Waals surface area contributed by atoms with Crippen LogP contribution in [0.3, 0.4) is 0 Å². The van der Waals surface area contributed by atoms with Crippen molar-refractivity contribution in [1.82, 2.24) is 5.32 Å². The Balaban J connectivity index is 1.53. The quantitative estimate of drug-likeness (QED) is 0.0674. The van der Waals surface area contributed by atoms with E-state index in [0.29, 0.717) is 18.1 Å². The lowest BCUT2D eigenvalue weighted by Crippen LogP contribution is -2.46. The molecule has 3 N–H and O–H groups in total. The van der Waals surface area contributed by atoms with Crippen LogP contribution in [0.15, 0.2) is 48.5 Å². The highest BCUT2D eigenvalue weighted by Crippen LogP contribution is 2.44. The van der Waals surface area contributed by atoms with Gasteiger partial charge < -0.3 is 25.0 Å². The van der Waals surface area contributed by atoms with Crippen LogP contribution in [0.2, 0.25) is 0 Å². The van der Waals surface area contributed by atoms with Gasteiger partial charge in [-0.25, -0.2) is 9.59 Å². The van der Waals surface area contributed by atoms with Gasteiger partial charge in [0.2, 0.25) is 0 Å². The van der Waals surface area contributed by atoms with Gasteiger partial charge in [0.05, 0.1) is 0 Å². The van der Waals surface area contributed by atoms with Crippen molar-refractivity contribution in [2.45, 2.75) is 135 Å². The molecule has 2 atom stereocenters. The third-order valence-electron chi connectivity index (χ3n) is 9.22. The highest BCUT2D eigenvalue weighted by Gasteiger charge is 2.31. The van der Waals surface area contributed by atoms with Gasteiger partial charge in [0.25, 0.3) is 0 Å². The highest BCUT2D eigenvalue weighted by molar-refractivity contribution is 7.99. The lowest BCUT2D eigenvalue weighted by Gasteiger charge is -2.25. The number of unbranched alkanes of at least 4 members (excludes halogenated alkanes) is 9. The standard InChI is InChI=1S/C41H59NO8S/c1-41(2,3)50-39(47)36(42-40(48)49-27-35-33-23-17-15-21-31(33)32-22-16-18-24-34(32)35)29-51-28-30(20-12-8-6-10-14-26-38(45)46)19-11-7-4-5-9-13-25-37(43)44/h15-18,21-24,30,35-36H,4-14,19-20,25-29H2,1-3H3,(H,42,48)(H,43,44)(H,45,46)/t30-,36+/m1/s1. The Hall–Kier alpha value is -3.53. The molecular weight excluding hydrogens is 667 g/mol. The number of nitrogens with one attached hydrogen (secondary N) is 1. The zero-order valence-corrected chi connectivity index (χ0v) is 31.6. The van der Waals surface area contributed by atoms with Gasteiger partial charge in [0.15, 0.2) is 0 Å².